The molecule has 1 aliphatic rings. The maximum Gasteiger partial charge on any atom is 0.229 e. The minimum Gasteiger partial charge on any atom is -0.357 e. The predicted molar refractivity (Wildman–Crippen MR) is 96.8 cm³/mol. The van der Waals surface area contributed by atoms with E-state index in [0.29, 0.717) is 5.69 Å². The first kappa shape index (κ1) is 16.5. The van der Waals surface area contributed by atoms with E-state index in [4.69, 9.17) is 5.73 Å². The molecule has 2 atom stereocenters. The zero-order chi connectivity index (χ0) is 16.9. The largest absolute Gasteiger partial charge is 0.357 e. The first-order valence-electron chi connectivity index (χ1n) is 8.47. The molecule has 3 rings (SSSR count). The van der Waals surface area contributed by atoms with Crippen molar-refractivity contribution >= 4 is 17.4 Å². The Kier molecular flexibility index (Phi) is 5.11. The zero-order valence-electron chi connectivity index (χ0n) is 14.0. The van der Waals surface area contributed by atoms with E-state index in [1.54, 1.807) is 6.20 Å². The van der Waals surface area contributed by atoms with Crippen molar-refractivity contribution in [2.75, 3.05) is 23.3 Å². The molecule has 126 valence electrons. The Morgan fingerprint density at radius 3 is 2.50 bits per heavy atom. The highest BCUT2D eigenvalue weighted by Crippen LogP contribution is 2.22. The van der Waals surface area contributed by atoms with Crippen LogP contribution in [0.4, 0.5) is 11.5 Å². The molecule has 2 heterocycles. The molecule has 3 N–H and O–H groups in total. The fraction of sp³-hybridized carbons (Fsp3) is 0.368. The Morgan fingerprint density at radius 2 is 1.88 bits per heavy atom. The predicted octanol–water partition coefficient (Wildman–Crippen LogP) is 2.96. The van der Waals surface area contributed by atoms with Gasteiger partial charge in [-0.25, -0.2) is 4.98 Å². The second-order valence-corrected chi connectivity index (χ2v) is 6.31. The topological polar surface area (TPSA) is 71.2 Å². The maximum absolute atomic E-state index is 12.4. The van der Waals surface area contributed by atoms with Crippen LogP contribution < -0.4 is 16.0 Å². The highest BCUT2D eigenvalue weighted by Gasteiger charge is 2.22. The van der Waals surface area contributed by atoms with Gasteiger partial charge in [0.25, 0.3) is 0 Å². The van der Waals surface area contributed by atoms with Crippen LogP contribution in [-0.4, -0.2) is 24.0 Å². The summed E-state index contributed by atoms with van der Waals surface area (Å²) >= 11 is 0. The number of rotatable bonds is 5. The van der Waals surface area contributed by atoms with Crippen LogP contribution in [0.2, 0.25) is 0 Å². The molecule has 0 spiro atoms. The molecule has 1 fully saturated rings. The van der Waals surface area contributed by atoms with Crippen LogP contribution in [0.3, 0.4) is 0 Å². The lowest BCUT2D eigenvalue weighted by atomic mass is 9.94. The molecule has 2 aromatic rings. The summed E-state index contributed by atoms with van der Waals surface area (Å²) in [7, 11) is 0. The first-order valence-corrected chi connectivity index (χ1v) is 8.47. The van der Waals surface area contributed by atoms with E-state index >= 15 is 0 Å². The van der Waals surface area contributed by atoms with Crippen LogP contribution in [0, 0.1) is 5.92 Å². The molecule has 5 heteroatoms. The number of amides is 1. The first-order chi connectivity index (χ1) is 11.6. The standard InChI is InChI=1S/C19H24N4O/c1-14(18(20)15-7-3-2-4-8-15)19(24)22-16-9-10-17(21-13-16)23-11-5-6-12-23/h2-4,7-10,13-14,18H,5-6,11-12,20H2,1H3,(H,22,24). The van der Waals surface area contributed by atoms with E-state index in [0.717, 1.165) is 24.5 Å². The summed E-state index contributed by atoms with van der Waals surface area (Å²) in [5.74, 6) is 0.548. The molecule has 1 saturated heterocycles. The van der Waals surface area contributed by atoms with Gasteiger partial charge >= 0.3 is 0 Å². The van der Waals surface area contributed by atoms with Crippen LogP contribution >= 0.6 is 0 Å². The molecule has 24 heavy (non-hydrogen) atoms. The van der Waals surface area contributed by atoms with Gasteiger partial charge in [0, 0.05) is 19.1 Å². The Bertz CT molecular complexity index is 666. The number of carbonyl (C=O) groups excluding carboxylic acids is 1. The molecular weight excluding hydrogens is 300 g/mol. The van der Waals surface area contributed by atoms with Crippen LogP contribution in [-0.2, 0) is 4.79 Å². The van der Waals surface area contributed by atoms with Crippen molar-refractivity contribution in [3.05, 3.63) is 54.2 Å². The lowest BCUT2D eigenvalue weighted by Gasteiger charge is -2.20. The third-order valence-electron chi connectivity index (χ3n) is 4.58. The van der Waals surface area contributed by atoms with Crippen molar-refractivity contribution < 1.29 is 4.79 Å². The van der Waals surface area contributed by atoms with E-state index in [2.05, 4.69) is 15.2 Å². The zero-order valence-corrected chi connectivity index (χ0v) is 14.0. The third-order valence-corrected chi connectivity index (χ3v) is 4.58. The summed E-state index contributed by atoms with van der Waals surface area (Å²) in [6.07, 6.45) is 4.15. The average molecular weight is 324 g/mol. The van der Waals surface area contributed by atoms with Gasteiger partial charge in [-0.1, -0.05) is 37.3 Å². The summed E-state index contributed by atoms with van der Waals surface area (Å²) in [6, 6.07) is 13.2. The number of hydrogen-bond donors (Lipinski definition) is 2. The fourth-order valence-corrected chi connectivity index (χ4v) is 2.98. The maximum atomic E-state index is 12.4. The smallest absolute Gasteiger partial charge is 0.229 e. The van der Waals surface area contributed by atoms with Crippen molar-refractivity contribution in [3.63, 3.8) is 0 Å². The van der Waals surface area contributed by atoms with Gasteiger partial charge in [-0.15, -0.1) is 0 Å². The minimum atomic E-state index is -0.331. The van der Waals surface area contributed by atoms with Crippen molar-refractivity contribution in [3.8, 4) is 0 Å². The quantitative estimate of drug-likeness (QED) is 0.887. The van der Waals surface area contributed by atoms with Crippen molar-refractivity contribution in [1.29, 1.82) is 0 Å². The van der Waals surface area contributed by atoms with Gasteiger partial charge in [-0.05, 0) is 30.5 Å². The second-order valence-electron chi connectivity index (χ2n) is 6.31. The van der Waals surface area contributed by atoms with E-state index in [9.17, 15) is 4.79 Å². The van der Waals surface area contributed by atoms with Gasteiger partial charge < -0.3 is 16.0 Å². The second kappa shape index (κ2) is 7.45. The molecule has 1 aliphatic heterocycles. The highest BCUT2D eigenvalue weighted by atomic mass is 16.1. The number of nitrogens with two attached hydrogens (primary N) is 1. The SMILES string of the molecule is CC(C(=O)Nc1ccc(N2CCCC2)nc1)C(N)c1ccccc1. The van der Waals surface area contributed by atoms with Gasteiger partial charge in [0.2, 0.25) is 5.91 Å². The van der Waals surface area contributed by atoms with Crippen LogP contribution in [0.1, 0.15) is 31.4 Å². The van der Waals surface area contributed by atoms with Crippen LogP contribution in [0.25, 0.3) is 0 Å². The number of pyridine rings is 1. The number of benzene rings is 1. The molecular formula is C19H24N4O. The number of anilines is 2. The molecule has 0 bridgehead atoms. The van der Waals surface area contributed by atoms with E-state index in [-0.39, 0.29) is 17.9 Å². The highest BCUT2D eigenvalue weighted by molar-refractivity contribution is 5.92. The Balaban J connectivity index is 1.61. The lowest BCUT2D eigenvalue weighted by molar-refractivity contribution is -0.120. The average Bonchev–Trinajstić information content (AvgIpc) is 3.16. The third kappa shape index (κ3) is 3.74. The van der Waals surface area contributed by atoms with Gasteiger partial charge in [0.05, 0.1) is 17.8 Å². The number of hydrogen-bond acceptors (Lipinski definition) is 4. The van der Waals surface area contributed by atoms with Crippen molar-refractivity contribution in [1.82, 2.24) is 4.98 Å². The van der Waals surface area contributed by atoms with Crippen molar-refractivity contribution in [2.24, 2.45) is 11.7 Å². The molecule has 0 aliphatic carbocycles. The van der Waals surface area contributed by atoms with E-state index < -0.39 is 0 Å². The van der Waals surface area contributed by atoms with Gasteiger partial charge in [-0.2, -0.15) is 0 Å². The molecule has 1 aromatic heterocycles. The van der Waals surface area contributed by atoms with Gasteiger partial charge in [0.1, 0.15) is 5.82 Å². The fourth-order valence-electron chi connectivity index (χ4n) is 2.98. The summed E-state index contributed by atoms with van der Waals surface area (Å²) in [6.45, 7) is 3.96. The molecule has 1 aromatic carbocycles. The molecule has 0 saturated carbocycles. The summed E-state index contributed by atoms with van der Waals surface area (Å²) in [4.78, 5) is 19.2. The van der Waals surface area contributed by atoms with Gasteiger partial charge in [-0.3, -0.25) is 4.79 Å². The number of nitrogens with one attached hydrogen (secondary N) is 1. The summed E-state index contributed by atoms with van der Waals surface area (Å²) in [5, 5.41) is 2.91. The lowest BCUT2D eigenvalue weighted by Crippen LogP contribution is -2.30. The summed E-state index contributed by atoms with van der Waals surface area (Å²) in [5.41, 5.74) is 7.88. The minimum absolute atomic E-state index is 0.0953. The molecule has 1 amide bonds. The van der Waals surface area contributed by atoms with Crippen LogP contribution in [0.15, 0.2) is 48.7 Å². The number of aromatic nitrogens is 1. The Labute approximate surface area is 142 Å². The summed E-state index contributed by atoms with van der Waals surface area (Å²) < 4.78 is 0. The van der Waals surface area contributed by atoms with Crippen molar-refractivity contribution in [2.45, 2.75) is 25.8 Å². The van der Waals surface area contributed by atoms with Gasteiger partial charge in [0.15, 0.2) is 0 Å². The van der Waals surface area contributed by atoms with E-state index in [1.165, 1.54) is 12.8 Å². The van der Waals surface area contributed by atoms with Crippen LogP contribution in [0.5, 0.6) is 0 Å². The van der Waals surface area contributed by atoms with E-state index in [1.807, 2.05) is 49.4 Å². The Morgan fingerprint density at radius 1 is 1.17 bits per heavy atom. The molecule has 0 radical (unpaired) electrons. The number of nitrogens with zero attached hydrogens (tertiary/aromatic N) is 2. The number of carbonyl (C=O) groups is 1. The molecule has 5 nitrogen and oxygen atoms in total. The Hall–Kier alpha value is -2.40. The normalized spacial score (nSPS) is 16.7. The monoisotopic (exact) mass is 324 g/mol. The molecule has 2 unspecified atom stereocenters.